The van der Waals surface area contributed by atoms with E-state index < -0.39 is 5.41 Å². The van der Waals surface area contributed by atoms with Crippen molar-refractivity contribution >= 4 is 11.6 Å². The largest absolute Gasteiger partial charge is 0.325 e. The molecule has 2 rings (SSSR count). The second kappa shape index (κ2) is 5.18. The van der Waals surface area contributed by atoms with Gasteiger partial charge in [-0.2, -0.15) is 0 Å². The third-order valence-electron chi connectivity index (χ3n) is 2.70. The van der Waals surface area contributed by atoms with Crippen molar-refractivity contribution in [1.82, 2.24) is 9.97 Å². The Labute approximate surface area is 112 Å². The fraction of sp³-hybridized carbons (Fsp3) is 0.267. The van der Waals surface area contributed by atoms with Crippen LogP contribution < -0.4 is 5.32 Å². The van der Waals surface area contributed by atoms with Gasteiger partial charge >= 0.3 is 0 Å². The van der Waals surface area contributed by atoms with Crippen molar-refractivity contribution in [3.8, 4) is 11.3 Å². The SMILES string of the molecule is CC(C)(C)C(=O)Nc1ccccc1-c1cnccn1. The minimum Gasteiger partial charge on any atom is -0.325 e. The molecule has 1 aromatic heterocycles. The van der Waals surface area contributed by atoms with Gasteiger partial charge in [0.25, 0.3) is 0 Å². The van der Waals surface area contributed by atoms with Gasteiger partial charge in [0.1, 0.15) is 0 Å². The average molecular weight is 255 g/mol. The minimum absolute atomic E-state index is 0.0242. The summed E-state index contributed by atoms with van der Waals surface area (Å²) in [4.78, 5) is 20.4. The molecule has 0 saturated heterocycles. The van der Waals surface area contributed by atoms with E-state index in [0.29, 0.717) is 0 Å². The van der Waals surface area contributed by atoms with Crippen LogP contribution in [0.15, 0.2) is 42.9 Å². The number of amides is 1. The summed E-state index contributed by atoms with van der Waals surface area (Å²) in [5.74, 6) is -0.0242. The van der Waals surface area contributed by atoms with Gasteiger partial charge in [-0.1, -0.05) is 39.0 Å². The Bertz CT molecular complexity index is 573. The summed E-state index contributed by atoms with van der Waals surface area (Å²) >= 11 is 0. The van der Waals surface area contributed by atoms with E-state index >= 15 is 0 Å². The van der Waals surface area contributed by atoms with E-state index in [9.17, 15) is 4.79 Å². The highest BCUT2D eigenvalue weighted by Crippen LogP contribution is 2.27. The molecule has 4 nitrogen and oxygen atoms in total. The molecule has 0 atom stereocenters. The van der Waals surface area contributed by atoms with Crippen LogP contribution in [0.4, 0.5) is 5.69 Å². The Morgan fingerprint density at radius 3 is 2.53 bits per heavy atom. The second-order valence-corrected chi connectivity index (χ2v) is 5.34. The van der Waals surface area contributed by atoms with Gasteiger partial charge in [0, 0.05) is 23.4 Å². The summed E-state index contributed by atoms with van der Waals surface area (Å²) in [7, 11) is 0. The third kappa shape index (κ3) is 3.16. The first-order chi connectivity index (χ1) is 8.98. The fourth-order valence-electron chi connectivity index (χ4n) is 1.56. The predicted octanol–water partition coefficient (Wildman–Crippen LogP) is 3.13. The summed E-state index contributed by atoms with van der Waals surface area (Å²) in [5, 5.41) is 2.94. The molecular formula is C15H17N3O. The molecule has 0 spiro atoms. The van der Waals surface area contributed by atoms with E-state index in [1.165, 1.54) is 0 Å². The maximum Gasteiger partial charge on any atom is 0.229 e. The lowest BCUT2D eigenvalue weighted by molar-refractivity contribution is -0.123. The van der Waals surface area contributed by atoms with E-state index in [0.717, 1.165) is 16.9 Å². The van der Waals surface area contributed by atoms with Crippen LogP contribution in [0.3, 0.4) is 0 Å². The highest BCUT2D eigenvalue weighted by molar-refractivity contribution is 5.97. The molecule has 0 unspecified atom stereocenters. The first-order valence-corrected chi connectivity index (χ1v) is 6.15. The highest BCUT2D eigenvalue weighted by Gasteiger charge is 2.22. The van der Waals surface area contributed by atoms with Gasteiger partial charge in [-0.05, 0) is 6.07 Å². The van der Waals surface area contributed by atoms with Crippen LogP contribution in [0, 0.1) is 5.41 Å². The van der Waals surface area contributed by atoms with Crippen LogP contribution in [0.2, 0.25) is 0 Å². The van der Waals surface area contributed by atoms with Crippen molar-refractivity contribution in [2.24, 2.45) is 5.41 Å². The lowest BCUT2D eigenvalue weighted by Gasteiger charge is -2.19. The number of nitrogens with one attached hydrogen (secondary N) is 1. The molecule has 1 aromatic carbocycles. The van der Waals surface area contributed by atoms with Crippen molar-refractivity contribution in [2.75, 3.05) is 5.32 Å². The molecule has 0 aliphatic rings. The Morgan fingerprint density at radius 1 is 1.16 bits per heavy atom. The van der Waals surface area contributed by atoms with Crippen LogP contribution in [-0.2, 0) is 4.79 Å². The first kappa shape index (κ1) is 13.2. The monoisotopic (exact) mass is 255 g/mol. The van der Waals surface area contributed by atoms with Crippen molar-refractivity contribution in [2.45, 2.75) is 20.8 Å². The Morgan fingerprint density at radius 2 is 1.89 bits per heavy atom. The fourth-order valence-corrected chi connectivity index (χ4v) is 1.56. The van der Waals surface area contributed by atoms with Crippen molar-refractivity contribution in [3.63, 3.8) is 0 Å². The van der Waals surface area contributed by atoms with Gasteiger partial charge < -0.3 is 5.32 Å². The van der Waals surface area contributed by atoms with E-state index in [1.54, 1.807) is 18.6 Å². The molecule has 0 saturated carbocycles. The number of hydrogen-bond acceptors (Lipinski definition) is 3. The number of carbonyl (C=O) groups is 1. The zero-order valence-corrected chi connectivity index (χ0v) is 11.3. The van der Waals surface area contributed by atoms with Crippen LogP contribution in [-0.4, -0.2) is 15.9 Å². The summed E-state index contributed by atoms with van der Waals surface area (Å²) in [5.41, 5.74) is 1.93. The summed E-state index contributed by atoms with van der Waals surface area (Å²) in [6.45, 7) is 5.65. The normalized spacial score (nSPS) is 11.1. The van der Waals surface area contributed by atoms with Crippen LogP contribution in [0.25, 0.3) is 11.3 Å². The number of aromatic nitrogens is 2. The lowest BCUT2D eigenvalue weighted by Crippen LogP contribution is -2.27. The summed E-state index contributed by atoms with van der Waals surface area (Å²) in [6.07, 6.45) is 4.94. The molecule has 2 aromatic rings. The van der Waals surface area contributed by atoms with Gasteiger partial charge in [0.2, 0.25) is 5.91 Å². The molecule has 1 N–H and O–H groups in total. The van der Waals surface area contributed by atoms with Crippen LogP contribution >= 0.6 is 0 Å². The number of anilines is 1. The number of para-hydroxylation sites is 1. The molecule has 0 aliphatic heterocycles. The van der Waals surface area contributed by atoms with E-state index in [-0.39, 0.29) is 5.91 Å². The molecule has 1 amide bonds. The molecule has 0 bridgehead atoms. The summed E-state index contributed by atoms with van der Waals surface area (Å²) < 4.78 is 0. The van der Waals surface area contributed by atoms with E-state index in [4.69, 9.17) is 0 Å². The number of carbonyl (C=O) groups excluding carboxylic acids is 1. The third-order valence-corrected chi connectivity index (χ3v) is 2.70. The highest BCUT2D eigenvalue weighted by atomic mass is 16.2. The Balaban J connectivity index is 2.35. The first-order valence-electron chi connectivity index (χ1n) is 6.15. The van der Waals surface area contributed by atoms with Gasteiger partial charge in [-0.25, -0.2) is 0 Å². The predicted molar refractivity (Wildman–Crippen MR) is 75.6 cm³/mol. The van der Waals surface area contributed by atoms with Crippen LogP contribution in [0.1, 0.15) is 20.8 Å². The molecular weight excluding hydrogens is 238 g/mol. The van der Waals surface area contributed by atoms with E-state index in [2.05, 4.69) is 15.3 Å². The van der Waals surface area contributed by atoms with E-state index in [1.807, 2.05) is 45.0 Å². The van der Waals surface area contributed by atoms with Gasteiger partial charge in [0.15, 0.2) is 0 Å². The maximum atomic E-state index is 12.1. The Hall–Kier alpha value is -2.23. The number of benzene rings is 1. The number of nitrogens with zero attached hydrogens (tertiary/aromatic N) is 2. The zero-order chi connectivity index (χ0) is 13.9. The Kier molecular flexibility index (Phi) is 3.60. The van der Waals surface area contributed by atoms with Gasteiger partial charge in [0.05, 0.1) is 17.6 Å². The molecule has 4 heteroatoms. The zero-order valence-electron chi connectivity index (χ0n) is 11.3. The summed E-state index contributed by atoms with van der Waals surface area (Å²) in [6, 6.07) is 7.59. The molecule has 0 radical (unpaired) electrons. The van der Waals surface area contributed by atoms with Crippen molar-refractivity contribution < 1.29 is 4.79 Å². The van der Waals surface area contributed by atoms with Gasteiger partial charge in [-0.15, -0.1) is 0 Å². The molecule has 98 valence electrons. The quantitative estimate of drug-likeness (QED) is 0.897. The average Bonchev–Trinajstić information content (AvgIpc) is 2.39. The van der Waals surface area contributed by atoms with Crippen molar-refractivity contribution in [3.05, 3.63) is 42.9 Å². The number of rotatable bonds is 2. The topological polar surface area (TPSA) is 54.9 Å². The molecule has 1 heterocycles. The van der Waals surface area contributed by atoms with Crippen molar-refractivity contribution in [1.29, 1.82) is 0 Å². The molecule has 0 fully saturated rings. The lowest BCUT2D eigenvalue weighted by atomic mass is 9.95. The van der Waals surface area contributed by atoms with Crippen LogP contribution in [0.5, 0.6) is 0 Å². The smallest absolute Gasteiger partial charge is 0.229 e. The number of hydrogen-bond donors (Lipinski definition) is 1. The standard InChI is InChI=1S/C15H17N3O/c1-15(2,3)14(19)18-12-7-5-4-6-11(12)13-10-16-8-9-17-13/h4-10H,1-3H3,(H,18,19). The molecule has 0 aliphatic carbocycles. The van der Waals surface area contributed by atoms with Gasteiger partial charge in [-0.3, -0.25) is 14.8 Å². The molecule has 19 heavy (non-hydrogen) atoms. The minimum atomic E-state index is -0.435. The second-order valence-electron chi connectivity index (χ2n) is 5.34. The maximum absolute atomic E-state index is 12.1.